The Bertz CT molecular complexity index is 673. The van der Waals surface area contributed by atoms with Crippen molar-refractivity contribution in [3.05, 3.63) is 63.5 Å². The van der Waals surface area contributed by atoms with Gasteiger partial charge in [-0.1, -0.05) is 19.1 Å². The maximum absolute atomic E-state index is 13.8. The van der Waals surface area contributed by atoms with E-state index in [1.165, 1.54) is 24.3 Å². The highest BCUT2D eigenvalue weighted by Crippen LogP contribution is 2.33. The maximum Gasteiger partial charge on any atom is 0.311 e. The van der Waals surface area contributed by atoms with Crippen molar-refractivity contribution in [1.29, 1.82) is 0 Å². The number of nitrogens with zero attached hydrogens (tertiary/aromatic N) is 1. The van der Waals surface area contributed by atoms with Crippen LogP contribution in [0.3, 0.4) is 0 Å². The number of nitro benzene ring substituents is 1. The fourth-order valence-electron chi connectivity index (χ4n) is 1.86. The summed E-state index contributed by atoms with van der Waals surface area (Å²) in [5.74, 6) is -0.831. The van der Waals surface area contributed by atoms with E-state index in [0.29, 0.717) is 12.0 Å². The summed E-state index contributed by atoms with van der Waals surface area (Å²) in [6.45, 7) is 1.59. The topological polar surface area (TPSA) is 72.6 Å². The monoisotopic (exact) mass is 291 g/mol. The Kier molecular flexibility index (Phi) is 4.49. The molecule has 0 atom stereocenters. The second-order valence-corrected chi connectivity index (χ2v) is 4.44. The van der Waals surface area contributed by atoms with Gasteiger partial charge in [0.15, 0.2) is 11.6 Å². The van der Waals surface area contributed by atoms with Gasteiger partial charge >= 0.3 is 5.69 Å². The summed E-state index contributed by atoms with van der Waals surface area (Å²) in [5.41, 5.74) is 0.987. The Hall–Kier alpha value is -2.47. The lowest BCUT2D eigenvalue weighted by atomic mass is 10.1. The molecule has 21 heavy (non-hydrogen) atoms. The Morgan fingerprint density at radius 1 is 1.19 bits per heavy atom. The predicted octanol–water partition coefficient (Wildman–Crippen LogP) is 3.58. The van der Waals surface area contributed by atoms with Crippen molar-refractivity contribution in [3.63, 3.8) is 0 Å². The van der Waals surface area contributed by atoms with Gasteiger partial charge in [0.1, 0.15) is 0 Å². The molecule has 0 spiro atoms. The first-order valence-corrected chi connectivity index (χ1v) is 6.39. The first kappa shape index (κ1) is 14.9. The van der Waals surface area contributed by atoms with Gasteiger partial charge in [-0.25, -0.2) is 4.39 Å². The summed E-state index contributed by atoms with van der Waals surface area (Å²) >= 11 is 0. The fourth-order valence-corrected chi connectivity index (χ4v) is 1.86. The fraction of sp³-hybridized carbons (Fsp3) is 0.200. The molecule has 6 heteroatoms. The molecule has 0 saturated carbocycles. The van der Waals surface area contributed by atoms with Crippen LogP contribution in [0.1, 0.15) is 18.1 Å². The van der Waals surface area contributed by atoms with Gasteiger partial charge < -0.3 is 9.84 Å². The van der Waals surface area contributed by atoms with E-state index in [-0.39, 0.29) is 23.8 Å². The van der Waals surface area contributed by atoms with Gasteiger partial charge in [0.25, 0.3) is 0 Å². The Morgan fingerprint density at radius 2 is 1.86 bits per heavy atom. The van der Waals surface area contributed by atoms with E-state index in [1.807, 2.05) is 6.92 Å². The summed E-state index contributed by atoms with van der Waals surface area (Å²) in [7, 11) is 0. The molecule has 2 aromatic rings. The lowest BCUT2D eigenvalue weighted by molar-refractivity contribution is -0.385. The number of halogens is 1. The van der Waals surface area contributed by atoms with Crippen LogP contribution in [0.2, 0.25) is 0 Å². The van der Waals surface area contributed by atoms with E-state index < -0.39 is 10.7 Å². The number of benzene rings is 2. The van der Waals surface area contributed by atoms with Crippen molar-refractivity contribution in [3.8, 4) is 11.5 Å². The van der Waals surface area contributed by atoms with E-state index in [2.05, 4.69) is 0 Å². The van der Waals surface area contributed by atoms with Crippen LogP contribution in [0.5, 0.6) is 11.5 Å². The Morgan fingerprint density at radius 3 is 2.43 bits per heavy atom. The highest BCUT2D eigenvalue weighted by molar-refractivity contribution is 5.50. The molecule has 0 unspecified atom stereocenters. The van der Waals surface area contributed by atoms with Crippen LogP contribution in [-0.2, 0) is 13.0 Å². The molecule has 0 saturated heterocycles. The number of hydrogen-bond donors (Lipinski definition) is 1. The summed E-state index contributed by atoms with van der Waals surface area (Å²) in [6, 6.07) is 8.51. The second-order valence-electron chi connectivity index (χ2n) is 4.44. The van der Waals surface area contributed by atoms with E-state index >= 15 is 0 Å². The number of aryl methyl sites for hydroxylation is 1. The average molecular weight is 291 g/mol. The summed E-state index contributed by atoms with van der Waals surface area (Å²) in [6.07, 6.45) is 0.653. The average Bonchev–Trinajstić information content (AvgIpc) is 2.49. The van der Waals surface area contributed by atoms with Crippen molar-refractivity contribution < 1.29 is 19.2 Å². The molecule has 0 bridgehead atoms. The third-order valence-corrected chi connectivity index (χ3v) is 3.03. The summed E-state index contributed by atoms with van der Waals surface area (Å²) in [4.78, 5) is 10.5. The second kappa shape index (κ2) is 6.32. The third kappa shape index (κ3) is 3.35. The van der Waals surface area contributed by atoms with Crippen LogP contribution >= 0.6 is 0 Å². The van der Waals surface area contributed by atoms with Crippen LogP contribution < -0.4 is 4.74 Å². The first-order chi connectivity index (χ1) is 10.0. The molecule has 0 aliphatic rings. The highest BCUT2D eigenvalue weighted by atomic mass is 19.1. The molecule has 0 aliphatic heterocycles. The molecular formula is C15H14FNO4. The molecule has 0 fully saturated rings. The van der Waals surface area contributed by atoms with Crippen molar-refractivity contribution in [2.24, 2.45) is 0 Å². The van der Waals surface area contributed by atoms with Crippen molar-refractivity contribution in [2.75, 3.05) is 0 Å². The number of rotatable bonds is 5. The van der Waals surface area contributed by atoms with E-state index in [1.54, 1.807) is 6.07 Å². The molecule has 0 amide bonds. The maximum atomic E-state index is 13.8. The number of hydrogen-bond acceptors (Lipinski definition) is 4. The molecular weight excluding hydrogens is 277 g/mol. The molecule has 5 nitrogen and oxygen atoms in total. The summed E-state index contributed by atoms with van der Waals surface area (Å²) in [5, 5.41) is 20.0. The van der Waals surface area contributed by atoms with Gasteiger partial charge in [-0.2, -0.15) is 0 Å². The van der Waals surface area contributed by atoms with Crippen molar-refractivity contribution in [1.82, 2.24) is 0 Å². The van der Waals surface area contributed by atoms with Gasteiger partial charge in [0.05, 0.1) is 11.5 Å². The first-order valence-electron chi connectivity index (χ1n) is 6.39. The van der Waals surface area contributed by atoms with Gasteiger partial charge in [0, 0.05) is 6.07 Å². The van der Waals surface area contributed by atoms with Crippen LogP contribution in [0, 0.1) is 15.9 Å². The smallest absolute Gasteiger partial charge is 0.311 e. The van der Waals surface area contributed by atoms with E-state index in [0.717, 1.165) is 11.6 Å². The zero-order chi connectivity index (χ0) is 15.4. The quantitative estimate of drug-likeness (QED) is 0.675. The Labute approximate surface area is 120 Å². The molecule has 0 aliphatic carbocycles. The van der Waals surface area contributed by atoms with E-state index in [4.69, 9.17) is 9.84 Å². The van der Waals surface area contributed by atoms with Crippen LogP contribution in [-0.4, -0.2) is 10.0 Å². The van der Waals surface area contributed by atoms with Gasteiger partial charge in [-0.15, -0.1) is 0 Å². The molecule has 2 rings (SSSR count). The largest absolute Gasteiger partial charge is 0.447 e. The normalized spacial score (nSPS) is 10.4. The lowest BCUT2D eigenvalue weighted by Crippen LogP contribution is -1.97. The molecule has 1 N–H and O–H groups in total. The van der Waals surface area contributed by atoms with Gasteiger partial charge in [0.2, 0.25) is 5.75 Å². The zero-order valence-electron chi connectivity index (χ0n) is 11.4. The van der Waals surface area contributed by atoms with Crippen LogP contribution in [0.15, 0.2) is 36.4 Å². The third-order valence-electron chi connectivity index (χ3n) is 3.03. The van der Waals surface area contributed by atoms with Crippen LogP contribution in [0.4, 0.5) is 10.1 Å². The molecule has 0 radical (unpaired) electrons. The van der Waals surface area contributed by atoms with Crippen molar-refractivity contribution in [2.45, 2.75) is 20.0 Å². The molecule has 110 valence electrons. The number of aliphatic hydroxyl groups excluding tert-OH is 1. The highest BCUT2D eigenvalue weighted by Gasteiger charge is 2.18. The standard InChI is InChI=1S/C15H14FNO4/c1-2-10-3-6-15(13(8-10)17(19)20)21-14-5-4-11(9-18)7-12(14)16/h3-8,18H,2,9H2,1H3. The minimum atomic E-state index is -0.685. The number of nitro groups is 1. The van der Waals surface area contributed by atoms with E-state index in [9.17, 15) is 14.5 Å². The zero-order valence-corrected chi connectivity index (χ0v) is 11.4. The SMILES string of the molecule is CCc1ccc(Oc2ccc(CO)cc2F)c([N+](=O)[O-])c1. The number of aliphatic hydroxyl groups is 1. The minimum Gasteiger partial charge on any atom is -0.447 e. The molecule has 2 aromatic carbocycles. The minimum absolute atomic E-state index is 0.0205. The summed E-state index contributed by atoms with van der Waals surface area (Å²) < 4.78 is 19.1. The van der Waals surface area contributed by atoms with Gasteiger partial charge in [-0.3, -0.25) is 10.1 Å². The van der Waals surface area contributed by atoms with Gasteiger partial charge in [-0.05, 0) is 35.7 Å². The predicted molar refractivity (Wildman–Crippen MR) is 74.9 cm³/mol. The van der Waals surface area contributed by atoms with Crippen molar-refractivity contribution >= 4 is 5.69 Å². The Balaban J connectivity index is 2.37. The molecule has 0 aromatic heterocycles. The lowest BCUT2D eigenvalue weighted by Gasteiger charge is -2.09. The van der Waals surface area contributed by atoms with Crippen LogP contribution in [0.25, 0.3) is 0 Å². The number of ether oxygens (including phenoxy) is 1. The molecule has 0 heterocycles.